The summed E-state index contributed by atoms with van der Waals surface area (Å²) in [5.41, 5.74) is 1.85. The van der Waals surface area contributed by atoms with Crippen molar-refractivity contribution in [1.29, 1.82) is 0 Å². The maximum absolute atomic E-state index is 12.5. The lowest BCUT2D eigenvalue weighted by molar-refractivity contribution is -0.117. The van der Waals surface area contributed by atoms with Crippen LogP contribution in [0.3, 0.4) is 0 Å². The molecule has 0 saturated heterocycles. The van der Waals surface area contributed by atoms with E-state index in [9.17, 15) is 4.79 Å². The van der Waals surface area contributed by atoms with Crippen LogP contribution in [0.15, 0.2) is 71.2 Å². The maximum atomic E-state index is 12.5. The van der Waals surface area contributed by atoms with Gasteiger partial charge in [-0.25, -0.2) is 0 Å². The zero-order valence-corrected chi connectivity index (χ0v) is 13.8. The van der Waals surface area contributed by atoms with Gasteiger partial charge in [0.05, 0.1) is 5.92 Å². The Morgan fingerprint density at radius 2 is 1.55 bits per heavy atom. The number of hydrogen-bond donors (Lipinski definition) is 1. The molecule has 0 aliphatic heterocycles. The third kappa shape index (κ3) is 2.90. The van der Waals surface area contributed by atoms with Crippen LogP contribution in [0.4, 0.5) is 5.69 Å². The van der Waals surface area contributed by atoms with Gasteiger partial charge in [0.15, 0.2) is 0 Å². The normalized spacial score (nSPS) is 12.1. The van der Waals surface area contributed by atoms with Gasteiger partial charge in [0.1, 0.15) is 0 Å². The Morgan fingerprint density at radius 3 is 2.27 bits per heavy atom. The molecule has 1 N–H and O–H groups in total. The summed E-state index contributed by atoms with van der Waals surface area (Å²) in [4.78, 5) is 12.5. The van der Waals surface area contributed by atoms with Crippen molar-refractivity contribution in [2.24, 2.45) is 0 Å². The quantitative estimate of drug-likeness (QED) is 0.675. The van der Waals surface area contributed by atoms with Crippen LogP contribution >= 0.6 is 15.9 Å². The molecule has 0 fully saturated rings. The number of carbonyl (C=O) groups is 1. The van der Waals surface area contributed by atoms with Crippen LogP contribution < -0.4 is 5.32 Å². The fourth-order valence-electron chi connectivity index (χ4n) is 2.51. The van der Waals surface area contributed by atoms with E-state index in [0.29, 0.717) is 0 Å². The van der Waals surface area contributed by atoms with Crippen LogP contribution in [0.5, 0.6) is 0 Å². The first-order valence-corrected chi connectivity index (χ1v) is 7.99. The monoisotopic (exact) mass is 353 g/mol. The first-order valence-electron chi connectivity index (χ1n) is 7.20. The number of benzene rings is 3. The summed E-state index contributed by atoms with van der Waals surface area (Å²) in [6, 6.07) is 21.7. The van der Waals surface area contributed by atoms with Crippen molar-refractivity contribution in [2.45, 2.75) is 12.8 Å². The van der Waals surface area contributed by atoms with Crippen molar-refractivity contribution in [3.63, 3.8) is 0 Å². The molecule has 0 bridgehead atoms. The topological polar surface area (TPSA) is 29.1 Å². The molecular weight excluding hydrogens is 338 g/mol. The predicted molar refractivity (Wildman–Crippen MR) is 95.1 cm³/mol. The molecule has 3 heteroatoms. The highest BCUT2D eigenvalue weighted by molar-refractivity contribution is 9.10. The Balaban J connectivity index is 1.90. The lowest BCUT2D eigenvalue weighted by Crippen LogP contribution is -2.19. The van der Waals surface area contributed by atoms with E-state index in [1.54, 1.807) is 0 Å². The molecule has 1 atom stereocenters. The Kier molecular flexibility index (Phi) is 4.25. The minimum Gasteiger partial charge on any atom is -0.325 e. The van der Waals surface area contributed by atoms with Crippen LogP contribution in [0.2, 0.25) is 0 Å². The molecule has 1 amide bonds. The summed E-state index contributed by atoms with van der Waals surface area (Å²) in [5.74, 6) is -0.192. The second-order valence-corrected chi connectivity index (χ2v) is 6.12. The van der Waals surface area contributed by atoms with Crippen molar-refractivity contribution in [3.05, 3.63) is 76.8 Å². The van der Waals surface area contributed by atoms with Gasteiger partial charge in [-0.15, -0.1) is 0 Å². The summed E-state index contributed by atoms with van der Waals surface area (Å²) in [7, 11) is 0. The van der Waals surface area contributed by atoms with E-state index in [4.69, 9.17) is 0 Å². The Labute approximate surface area is 138 Å². The number of hydrogen-bond acceptors (Lipinski definition) is 1. The van der Waals surface area contributed by atoms with E-state index in [2.05, 4.69) is 21.2 Å². The van der Waals surface area contributed by atoms with Crippen molar-refractivity contribution >= 4 is 38.3 Å². The number of amides is 1. The second-order valence-electron chi connectivity index (χ2n) is 5.26. The third-order valence-corrected chi connectivity index (χ3v) is 4.51. The lowest BCUT2D eigenvalue weighted by Gasteiger charge is -2.14. The van der Waals surface area contributed by atoms with E-state index in [1.165, 1.54) is 0 Å². The summed E-state index contributed by atoms with van der Waals surface area (Å²) in [5, 5.41) is 5.17. The predicted octanol–water partition coefficient (Wildman–Crippen LogP) is 5.34. The van der Waals surface area contributed by atoms with Gasteiger partial charge in [0.25, 0.3) is 0 Å². The molecule has 110 valence electrons. The molecule has 0 heterocycles. The zero-order valence-electron chi connectivity index (χ0n) is 12.2. The minimum atomic E-state index is -0.191. The summed E-state index contributed by atoms with van der Waals surface area (Å²) in [6.45, 7) is 1.92. The van der Waals surface area contributed by atoms with Gasteiger partial charge in [0.2, 0.25) is 5.91 Å². The Bertz CT molecular complexity index is 814. The van der Waals surface area contributed by atoms with E-state index in [0.717, 1.165) is 26.5 Å². The van der Waals surface area contributed by atoms with E-state index in [1.807, 2.05) is 73.7 Å². The largest absolute Gasteiger partial charge is 0.325 e. The number of fused-ring (bicyclic) bond motifs is 1. The van der Waals surface area contributed by atoms with Gasteiger partial charge in [-0.1, -0.05) is 70.5 Å². The fraction of sp³-hybridized carbons (Fsp3) is 0.105. The number of anilines is 1. The van der Waals surface area contributed by atoms with Gasteiger partial charge in [-0.2, -0.15) is 0 Å². The van der Waals surface area contributed by atoms with Crippen LogP contribution in [0, 0.1) is 0 Å². The molecule has 0 saturated carbocycles. The molecule has 0 unspecified atom stereocenters. The lowest BCUT2D eigenvalue weighted by atomic mass is 10.00. The van der Waals surface area contributed by atoms with Crippen molar-refractivity contribution in [3.8, 4) is 0 Å². The average molecular weight is 354 g/mol. The standard InChI is InChI=1S/C19H16BrNO/c1-13(14-7-3-2-4-8-14)19(22)21-18-12-11-17(20)15-9-5-6-10-16(15)18/h2-13H,1H3,(H,21,22)/t13-/m0/s1. The van der Waals surface area contributed by atoms with Gasteiger partial charge in [-0.05, 0) is 30.0 Å². The summed E-state index contributed by atoms with van der Waals surface area (Å²) in [6.07, 6.45) is 0. The van der Waals surface area contributed by atoms with Gasteiger partial charge in [0, 0.05) is 15.5 Å². The van der Waals surface area contributed by atoms with Gasteiger partial charge < -0.3 is 5.32 Å². The zero-order chi connectivity index (χ0) is 15.5. The molecule has 0 aliphatic rings. The number of rotatable bonds is 3. The highest BCUT2D eigenvalue weighted by atomic mass is 79.9. The van der Waals surface area contributed by atoms with Crippen LogP contribution in [-0.4, -0.2) is 5.91 Å². The van der Waals surface area contributed by atoms with Crippen molar-refractivity contribution in [2.75, 3.05) is 5.32 Å². The number of nitrogens with one attached hydrogen (secondary N) is 1. The van der Waals surface area contributed by atoms with Gasteiger partial charge in [-0.3, -0.25) is 4.79 Å². The SMILES string of the molecule is C[C@H](C(=O)Nc1ccc(Br)c2ccccc12)c1ccccc1. The molecular formula is C19H16BrNO. The van der Waals surface area contributed by atoms with Gasteiger partial charge >= 0.3 is 0 Å². The maximum Gasteiger partial charge on any atom is 0.231 e. The first kappa shape index (κ1) is 14.8. The van der Waals surface area contributed by atoms with E-state index in [-0.39, 0.29) is 11.8 Å². The van der Waals surface area contributed by atoms with E-state index < -0.39 is 0 Å². The minimum absolute atomic E-state index is 0.00123. The molecule has 3 aromatic carbocycles. The smallest absolute Gasteiger partial charge is 0.231 e. The number of halogens is 1. The van der Waals surface area contributed by atoms with Crippen molar-refractivity contribution in [1.82, 2.24) is 0 Å². The fourth-order valence-corrected chi connectivity index (χ4v) is 2.98. The molecule has 0 radical (unpaired) electrons. The van der Waals surface area contributed by atoms with Crippen LogP contribution in [-0.2, 0) is 4.79 Å². The third-order valence-electron chi connectivity index (χ3n) is 3.82. The molecule has 3 aromatic rings. The summed E-state index contributed by atoms with van der Waals surface area (Å²) < 4.78 is 1.03. The first-order chi connectivity index (χ1) is 10.7. The second kappa shape index (κ2) is 6.32. The van der Waals surface area contributed by atoms with Crippen LogP contribution in [0.25, 0.3) is 10.8 Å². The van der Waals surface area contributed by atoms with E-state index >= 15 is 0 Å². The van der Waals surface area contributed by atoms with Crippen LogP contribution in [0.1, 0.15) is 18.4 Å². The Hall–Kier alpha value is -2.13. The summed E-state index contributed by atoms with van der Waals surface area (Å²) >= 11 is 3.55. The highest BCUT2D eigenvalue weighted by Crippen LogP contribution is 2.30. The number of carbonyl (C=O) groups excluding carboxylic acids is 1. The Morgan fingerprint density at radius 1 is 0.909 bits per heavy atom. The van der Waals surface area contributed by atoms with Crippen molar-refractivity contribution < 1.29 is 4.79 Å². The molecule has 0 aromatic heterocycles. The highest BCUT2D eigenvalue weighted by Gasteiger charge is 2.16. The molecule has 3 rings (SSSR count). The molecule has 0 spiro atoms. The average Bonchev–Trinajstić information content (AvgIpc) is 2.57. The molecule has 22 heavy (non-hydrogen) atoms. The molecule has 2 nitrogen and oxygen atoms in total. The molecule has 0 aliphatic carbocycles.